The van der Waals surface area contributed by atoms with Gasteiger partial charge in [-0.05, 0) is 24.3 Å². The van der Waals surface area contributed by atoms with E-state index >= 15 is 0 Å². The second kappa shape index (κ2) is 5.13. The van der Waals surface area contributed by atoms with E-state index in [-0.39, 0.29) is 17.2 Å². The summed E-state index contributed by atoms with van der Waals surface area (Å²) in [5.41, 5.74) is 0.771. The molecule has 2 aromatic carbocycles. The monoisotopic (exact) mass is 259 g/mol. The van der Waals surface area contributed by atoms with Crippen molar-refractivity contribution in [3.05, 3.63) is 52.6 Å². The number of nitro groups is 1. The second-order valence-corrected chi connectivity index (χ2v) is 3.65. The number of hydrogen-bond donors (Lipinski definition) is 2. The topological polar surface area (TPSA) is 108 Å². The molecule has 0 aliphatic heterocycles. The lowest BCUT2D eigenvalue weighted by molar-refractivity contribution is -0.384. The van der Waals surface area contributed by atoms with E-state index in [2.05, 4.69) is 10.2 Å². The van der Waals surface area contributed by atoms with Crippen LogP contribution in [0.15, 0.2) is 52.7 Å². The molecule has 0 aromatic heterocycles. The zero-order valence-electron chi connectivity index (χ0n) is 9.59. The molecule has 0 saturated carbocycles. The molecule has 0 spiro atoms. The molecule has 7 heteroatoms. The van der Waals surface area contributed by atoms with Crippen molar-refractivity contribution in [3.8, 4) is 11.5 Å². The Kier molecular flexibility index (Phi) is 3.37. The van der Waals surface area contributed by atoms with Crippen LogP contribution in [0.4, 0.5) is 17.1 Å². The van der Waals surface area contributed by atoms with E-state index in [1.54, 1.807) is 0 Å². The maximum atomic E-state index is 10.5. The van der Waals surface area contributed by atoms with Gasteiger partial charge in [0.2, 0.25) is 0 Å². The van der Waals surface area contributed by atoms with E-state index in [1.807, 2.05) is 0 Å². The number of hydrogen-bond acceptors (Lipinski definition) is 6. The SMILES string of the molecule is O=[N+]([O-])c1ccc(N=Nc2ccc(O)c(O)c2)cc1. The summed E-state index contributed by atoms with van der Waals surface area (Å²) >= 11 is 0. The first-order valence-corrected chi connectivity index (χ1v) is 5.24. The zero-order valence-corrected chi connectivity index (χ0v) is 9.59. The lowest BCUT2D eigenvalue weighted by Crippen LogP contribution is -1.85. The summed E-state index contributed by atoms with van der Waals surface area (Å²) in [7, 11) is 0. The number of benzene rings is 2. The number of phenolic OH excluding ortho intramolecular Hbond substituents is 2. The van der Waals surface area contributed by atoms with Gasteiger partial charge in [-0.25, -0.2) is 0 Å². The number of rotatable bonds is 3. The quantitative estimate of drug-likeness (QED) is 0.381. The second-order valence-electron chi connectivity index (χ2n) is 3.65. The van der Waals surface area contributed by atoms with Gasteiger partial charge < -0.3 is 10.2 Å². The molecule has 0 aliphatic carbocycles. The predicted octanol–water partition coefficient (Wildman–Crippen LogP) is 3.42. The predicted molar refractivity (Wildman–Crippen MR) is 67.0 cm³/mol. The molecule has 0 amide bonds. The van der Waals surface area contributed by atoms with E-state index < -0.39 is 4.92 Å². The summed E-state index contributed by atoms with van der Waals surface area (Å²) < 4.78 is 0. The highest BCUT2D eigenvalue weighted by Gasteiger charge is 2.03. The smallest absolute Gasteiger partial charge is 0.269 e. The van der Waals surface area contributed by atoms with Gasteiger partial charge in [-0.15, -0.1) is 0 Å². The number of nitro benzene ring substituents is 1. The molecule has 0 atom stereocenters. The van der Waals surface area contributed by atoms with E-state index in [4.69, 9.17) is 5.11 Å². The summed E-state index contributed by atoms with van der Waals surface area (Å²) in [5, 5.41) is 36.5. The summed E-state index contributed by atoms with van der Waals surface area (Å²) in [4.78, 5) is 9.96. The van der Waals surface area contributed by atoms with E-state index in [1.165, 1.54) is 42.5 Å². The van der Waals surface area contributed by atoms with Gasteiger partial charge in [0.05, 0.1) is 16.3 Å². The first-order chi connectivity index (χ1) is 9.06. The molecule has 0 radical (unpaired) electrons. The molecule has 0 unspecified atom stereocenters. The van der Waals surface area contributed by atoms with Crippen LogP contribution in [0.25, 0.3) is 0 Å². The van der Waals surface area contributed by atoms with Crippen molar-refractivity contribution in [2.75, 3.05) is 0 Å². The van der Waals surface area contributed by atoms with Crippen LogP contribution in [0.3, 0.4) is 0 Å². The Balaban J connectivity index is 2.17. The molecule has 2 aromatic rings. The molecule has 0 bridgehead atoms. The Bertz CT molecular complexity index is 638. The van der Waals surface area contributed by atoms with Gasteiger partial charge in [-0.2, -0.15) is 10.2 Å². The Labute approximate surface area is 107 Å². The minimum Gasteiger partial charge on any atom is -0.504 e. The number of azo groups is 1. The summed E-state index contributed by atoms with van der Waals surface area (Å²) in [5.74, 6) is -0.533. The van der Waals surface area contributed by atoms with Gasteiger partial charge in [-0.1, -0.05) is 0 Å². The molecule has 0 saturated heterocycles. The average molecular weight is 259 g/mol. The third-order valence-electron chi connectivity index (χ3n) is 2.30. The van der Waals surface area contributed by atoms with Crippen LogP contribution in [0.1, 0.15) is 0 Å². The Morgan fingerprint density at radius 3 is 2.05 bits per heavy atom. The fourth-order valence-corrected chi connectivity index (χ4v) is 1.33. The van der Waals surface area contributed by atoms with Crippen molar-refractivity contribution < 1.29 is 15.1 Å². The maximum absolute atomic E-state index is 10.5. The Morgan fingerprint density at radius 2 is 1.47 bits per heavy atom. The van der Waals surface area contributed by atoms with Crippen LogP contribution in [0, 0.1) is 10.1 Å². The van der Waals surface area contributed by atoms with Crippen LogP contribution in [0.5, 0.6) is 11.5 Å². The number of nitrogens with zero attached hydrogens (tertiary/aromatic N) is 3. The standard InChI is InChI=1S/C12H9N3O4/c16-11-6-3-9(7-12(11)17)14-13-8-1-4-10(5-2-8)15(18)19/h1-7,16-17H. The van der Waals surface area contributed by atoms with Crippen molar-refractivity contribution in [3.63, 3.8) is 0 Å². The average Bonchev–Trinajstić information content (AvgIpc) is 2.40. The van der Waals surface area contributed by atoms with Crippen LogP contribution in [-0.2, 0) is 0 Å². The molecule has 96 valence electrons. The first kappa shape index (κ1) is 12.5. The van der Waals surface area contributed by atoms with Gasteiger partial charge in [0.25, 0.3) is 5.69 Å². The van der Waals surface area contributed by atoms with Crippen molar-refractivity contribution in [2.24, 2.45) is 10.2 Å². The van der Waals surface area contributed by atoms with Crippen LogP contribution in [0.2, 0.25) is 0 Å². The van der Waals surface area contributed by atoms with Crippen molar-refractivity contribution >= 4 is 17.1 Å². The van der Waals surface area contributed by atoms with Gasteiger partial charge in [0.1, 0.15) is 0 Å². The number of non-ortho nitro benzene ring substituents is 1. The number of aromatic hydroxyl groups is 2. The third kappa shape index (κ3) is 3.03. The molecular formula is C12H9N3O4. The molecule has 19 heavy (non-hydrogen) atoms. The molecule has 7 nitrogen and oxygen atoms in total. The minimum atomic E-state index is -0.501. The molecular weight excluding hydrogens is 250 g/mol. The van der Waals surface area contributed by atoms with E-state index in [9.17, 15) is 15.2 Å². The molecule has 2 rings (SSSR count). The van der Waals surface area contributed by atoms with Crippen LogP contribution in [-0.4, -0.2) is 15.1 Å². The third-order valence-corrected chi connectivity index (χ3v) is 2.30. The minimum absolute atomic E-state index is 0.0266. The molecule has 0 heterocycles. The highest BCUT2D eigenvalue weighted by molar-refractivity contribution is 5.50. The maximum Gasteiger partial charge on any atom is 0.269 e. The molecule has 0 aliphatic rings. The van der Waals surface area contributed by atoms with Gasteiger partial charge in [0, 0.05) is 18.2 Å². The Morgan fingerprint density at radius 1 is 0.895 bits per heavy atom. The van der Waals surface area contributed by atoms with Crippen molar-refractivity contribution in [1.29, 1.82) is 0 Å². The van der Waals surface area contributed by atoms with Crippen LogP contribution >= 0.6 is 0 Å². The van der Waals surface area contributed by atoms with Crippen molar-refractivity contribution in [2.45, 2.75) is 0 Å². The van der Waals surface area contributed by atoms with Gasteiger partial charge >= 0.3 is 0 Å². The number of phenols is 2. The van der Waals surface area contributed by atoms with Crippen molar-refractivity contribution in [1.82, 2.24) is 0 Å². The van der Waals surface area contributed by atoms with E-state index in [0.29, 0.717) is 11.4 Å². The van der Waals surface area contributed by atoms with Crippen LogP contribution < -0.4 is 0 Å². The fraction of sp³-hybridized carbons (Fsp3) is 0. The fourth-order valence-electron chi connectivity index (χ4n) is 1.33. The lowest BCUT2D eigenvalue weighted by atomic mass is 10.3. The highest BCUT2D eigenvalue weighted by Crippen LogP contribution is 2.30. The summed E-state index contributed by atoms with van der Waals surface area (Å²) in [6.45, 7) is 0. The summed E-state index contributed by atoms with van der Waals surface area (Å²) in [6, 6.07) is 9.59. The molecule has 2 N–H and O–H groups in total. The highest BCUT2D eigenvalue weighted by atomic mass is 16.6. The molecule has 0 fully saturated rings. The zero-order chi connectivity index (χ0) is 13.8. The summed E-state index contributed by atoms with van der Waals surface area (Å²) in [6.07, 6.45) is 0. The van der Waals surface area contributed by atoms with Gasteiger partial charge in [0.15, 0.2) is 11.5 Å². The normalized spacial score (nSPS) is 10.7. The Hall–Kier alpha value is -2.96. The first-order valence-electron chi connectivity index (χ1n) is 5.24. The largest absolute Gasteiger partial charge is 0.504 e. The lowest BCUT2D eigenvalue weighted by Gasteiger charge is -1.97. The van der Waals surface area contributed by atoms with Gasteiger partial charge in [-0.3, -0.25) is 10.1 Å². The van der Waals surface area contributed by atoms with E-state index in [0.717, 1.165) is 0 Å².